The molecule has 2 heterocycles. The van der Waals surface area contributed by atoms with E-state index in [1.165, 1.54) is 45.2 Å². The molecule has 0 unspecified atom stereocenters. The van der Waals surface area contributed by atoms with Crippen LogP contribution < -0.4 is 10.1 Å². The van der Waals surface area contributed by atoms with E-state index in [0.717, 1.165) is 6.07 Å². The minimum absolute atomic E-state index is 0.0788. The highest BCUT2D eigenvalue weighted by Crippen LogP contribution is 2.46. The number of aliphatic hydroxyl groups is 2. The number of carbonyl (C=O) groups is 1. The molecule has 1 fully saturated rings. The fourth-order valence-corrected chi connectivity index (χ4v) is 4.86. The SMILES string of the molecule is COc1cc(C(=O)NC[C@](O)(c2cc(C(C)(C)O)c(F)c(-c3cccc(F)c3)n2)C2CC2)cc2cc(C)nnc12. The van der Waals surface area contributed by atoms with Crippen LogP contribution in [0.1, 0.15) is 54.0 Å². The van der Waals surface area contributed by atoms with Crippen LogP contribution in [0, 0.1) is 24.5 Å². The molecular formula is C30H30F2N4O4. The number of hydrogen-bond donors (Lipinski definition) is 3. The number of benzene rings is 2. The summed E-state index contributed by atoms with van der Waals surface area (Å²) in [4.78, 5) is 17.7. The molecule has 1 aliphatic rings. The van der Waals surface area contributed by atoms with Crippen molar-refractivity contribution in [3.63, 3.8) is 0 Å². The van der Waals surface area contributed by atoms with Gasteiger partial charge in [-0.25, -0.2) is 13.8 Å². The van der Waals surface area contributed by atoms with Crippen molar-refractivity contribution in [2.24, 2.45) is 5.92 Å². The Labute approximate surface area is 230 Å². The summed E-state index contributed by atoms with van der Waals surface area (Å²) in [6.45, 7) is 4.40. The largest absolute Gasteiger partial charge is 0.494 e. The topological polar surface area (TPSA) is 117 Å². The highest BCUT2D eigenvalue weighted by atomic mass is 19.1. The van der Waals surface area contributed by atoms with Gasteiger partial charge in [0.05, 0.1) is 30.6 Å². The Bertz CT molecular complexity index is 1620. The monoisotopic (exact) mass is 548 g/mol. The molecule has 40 heavy (non-hydrogen) atoms. The second-order valence-corrected chi connectivity index (χ2v) is 10.8. The molecule has 0 radical (unpaired) electrons. The van der Waals surface area contributed by atoms with Gasteiger partial charge in [0, 0.05) is 22.1 Å². The average Bonchev–Trinajstić information content (AvgIpc) is 3.76. The number of ether oxygens (including phenoxy) is 1. The van der Waals surface area contributed by atoms with Crippen LogP contribution in [0.3, 0.4) is 0 Å². The van der Waals surface area contributed by atoms with Gasteiger partial charge in [-0.3, -0.25) is 4.79 Å². The van der Waals surface area contributed by atoms with Gasteiger partial charge in [-0.2, -0.15) is 5.10 Å². The Morgan fingerprint density at radius 2 is 1.85 bits per heavy atom. The molecule has 0 saturated heterocycles. The van der Waals surface area contributed by atoms with Crippen molar-refractivity contribution in [2.45, 2.75) is 44.8 Å². The molecule has 0 bridgehead atoms. The zero-order chi connectivity index (χ0) is 28.8. The summed E-state index contributed by atoms with van der Waals surface area (Å²) >= 11 is 0. The summed E-state index contributed by atoms with van der Waals surface area (Å²) in [7, 11) is 1.47. The van der Waals surface area contributed by atoms with E-state index in [2.05, 4.69) is 20.5 Å². The summed E-state index contributed by atoms with van der Waals surface area (Å²) < 4.78 is 35.1. The van der Waals surface area contributed by atoms with E-state index in [1.54, 1.807) is 25.1 Å². The molecule has 4 aromatic rings. The minimum Gasteiger partial charge on any atom is -0.494 e. The predicted molar refractivity (Wildman–Crippen MR) is 145 cm³/mol. The molecule has 2 aromatic heterocycles. The number of pyridine rings is 1. The van der Waals surface area contributed by atoms with Gasteiger partial charge < -0.3 is 20.3 Å². The number of amides is 1. The third-order valence-electron chi connectivity index (χ3n) is 7.19. The fourth-order valence-electron chi connectivity index (χ4n) is 4.86. The molecule has 1 atom stereocenters. The lowest BCUT2D eigenvalue weighted by Gasteiger charge is -2.30. The summed E-state index contributed by atoms with van der Waals surface area (Å²) in [6, 6.07) is 11.6. The molecule has 1 aliphatic carbocycles. The number of methoxy groups -OCH3 is 1. The van der Waals surface area contributed by atoms with E-state index in [9.17, 15) is 19.4 Å². The number of fused-ring (bicyclic) bond motifs is 1. The van der Waals surface area contributed by atoms with Crippen LogP contribution in [-0.4, -0.2) is 45.0 Å². The van der Waals surface area contributed by atoms with E-state index in [4.69, 9.17) is 4.74 Å². The molecule has 1 saturated carbocycles. The van der Waals surface area contributed by atoms with Gasteiger partial charge >= 0.3 is 0 Å². The van der Waals surface area contributed by atoms with Gasteiger partial charge in [0.15, 0.2) is 5.82 Å². The Balaban J connectivity index is 1.53. The smallest absolute Gasteiger partial charge is 0.251 e. The Morgan fingerprint density at radius 1 is 1.10 bits per heavy atom. The first-order chi connectivity index (χ1) is 18.9. The van der Waals surface area contributed by atoms with Crippen molar-refractivity contribution in [3.8, 4) is 17.0 Å². The van der Waals surface area contributed by atoms with Crippen molar-refractivity contribution < 1.29 is 28.5 Å². The summed E-state index contributed by atoms with van der Waals surface area (Å²) in [5.41, 5.74) is -1.88. The molecular weight excluding hydrogens is 518 g/mol. The van der Waals surface area contributed by atoms with Crippen molar-refractivity contribution in [1.82, 2.24) is 20.5 Å². The maximum atomic E-state index is 15.6. The highest BCUT2D eigenvalue weighted by molar-refractivity contribution is 5.99. The van der Waals surface area contributed by atoms with E-state index in [0.29, 0.717) is 40.8 Å². The number of hydrogen-bond acceptors (Lipinski definition) is 7. The van der Waals surface area contributed by atoms with E-state index >= 15 is 4.39 Å². The van der Waals surface area contributed by atoms with Crippen molar-refractivity contribution in [3.05, 3.63) is 82.7 Å². The van der Waals surface area contributed by atoms with E-state index < -0.39 is 28.7 Å². The van der Waals surface area contributed by atoms with Gasteiger partial charge in [0.2, 0.25) is 0 Å². The van der Waals surface area contributed by atoms with Crippen LogP contribution in [0.4, 0.5) is 8.78 Å². The molecule has 8 nitrogen and oxygen atoms in total. The normalized spacial score (nSPS) is 15.1. The van der Waals surface area contributed by atoms with Gasteiger partial charge in [0.25, 0.3) is 5.91 Å². The quantitative estimate of drug-likeness (QED) is 0.296. The lowest BCUT2D eigenvalue weighted by molar-refractivity contribution is 0.00864. The molecule has 0 aliphatic heterocycles. The first-order valence-corrected chi connectivity index (χ1v) is 12.9. The average molecular weight is 549 g/mol. The summed E-state index contributed by atoms with van der Waals surface area (Å²) in [5.74, 6) is -1.74. The van der Waals surface area contributed by atoms with Crippen molar-refractivity contribution in [1.29, 1.82) is 0 Å². The Morgan fingerprint density at radius 3 is 2.50 bits per heavy atom. The zero-order valence-electron chi connectivity index (χ0n) is 22.6. The van der Waals surface area contributed by atoms with Crippen molar-refractivity contribution in [2.75, 3.05) is 13.7 Å². The van der Waals surface area contributed by atoms with Crippen LogP contribution in [0.15, 0.2) is 48.5 Å². The molecule has 3 N–H and O–H groups in total. The van der Waals surface area contributed by atoms with Crippen LogP contribution in [-0.2, 0) is 11.2 Å². The molecule has 208 valence electrons. The summed E-state index contributed by atoms with van der Waals surface area (Å²) in [5, 5.41) is 34.3. The number of aromatic nitrogens is 3. The molecule has 2 aromatic carbocycles. The van der Waals surface area contributed by atoms with Gasteiger partial charge in [-0.05, 0) is 75.9 Å². The first kappa shape index (κ1) is 27.5. The molecule has 1 amide bonds. The van der Waals surface area contributed by atoms with E-state index in [-0.39, 0.29) is 35.0 Å². The van der Waals surface area contributed by atoms with Crippen LogP contribution >= 0.6 is 0 Å². The molecule has 10 heteroatoms. The number of carbonyl (C=O) groups excluding carboxylic acids is 1. The number of nitrogens with one attached hydrogen (secondary N) is 1. The fraction of sp³-hybridized carbons (Fsp3) is 0.333. The number of nitrogens with zero attached hydrogens (tertiary/aromatic N) is 3. The maximum absolute atomic E-state index is 15.6. The second kappa shape index (κ2) is 10.2. The Kier molecular flexibility index (Phi) is 7.01. The van der Waals surface area contributed by atoms with Gasteiger partial charge in [0.1, 0.15) is 28.4 Å². The van der Waals surface area contributed by atoms with Crippen molar-refractivity contribution >= 4 is 16.8 Å². The lowest BCUT2D eigenvalue weighted by atomic mass is 9.87. The van der Waals surface area contributed by atoms with E-state index in [1.807, 2.05) is 0 Å². The third kappa shape index (κ3) is 5.24. The second-order valence-electron chi connectivity index (χ2n) is 10.8. The predicted octanol–water partition coefficient (Wildman–Crippen LogP) is 4.54. The first-order valence-electron chi connectivity index (χ1n) is 12.9. The minimum atomic E-state index is -1.67. The summed E-state index contributed by atoms with van der Waals surface area (Å²) in [6.07, 6.45) is 1.33. The van der Waals surface area contributed by atoms with Crippen LogP contribution in [0.2, 0.25) is 0 Å². The molecule has 5 rings (SSSR count). The lowest BCUT2D eigenvalue weighted by Crippen LogP contribution is -2.43. The highest BCUT2D eigenvalue weighted by Gasteiger charge is 2.47. The zero-order valence-corrected chi connectivity index (χ0v) is 22.6. The number of rotatable bonds is 8. The molecule has 0 spiro atoms. The third-order valence-corrected chi connectivity index (χ3v) is 7.19. The maximum Gasteiger partial charge on any atom is 0.251 e. The van der Waals surface area contributed by atoms with Crippen LogP contribution in [0.5, 0.6) is 5.75 Å². The number of halogens is 2. The van der Waals surface area contributed by atoms with Gasteiger partial charge in [-0.15, -0.1) is 5.10 Å². The van der Waals surface area contributed by atoms with Crippen LogP contribution in [0.25, 0.3) is 22.2 Å². The Hall–Kier alpha value is -4.02. The standard InChI is InChI=1S/C30H30F2N4O4/c1-16-10-18-11-19(13-23(40-4)26(18)36-35-16)28(37)33-15-30(39,20-8-9-20)24-14-22(29(2,3)38)25(32)27(34-24)17-6-5-7-21(31)12-17/h5-7,10-14,20,38-39H,8-9,15H2,1-4H3,(H,33,37)/t30-/m1/s1. The number of aryl methyl sites for hydroxylation is 1. The van der Waals surface area contributed by atoms with Gasteiger partial charge in [-0.1, -0.05) is 12.1 Å².